The van der Waals surface area contributed by atoms with Crippen LogP contribution in [-0.2, 0) is 0 Å². The van der Waals surface area contributed by atoms with Gasteiger partial charge in [-0.25, -0.2) is 8.78 Å². The van der Waals surface area contributed by atoms with E-state index in [4.69, 9.17) is 4.74 Å². The van der Waals surface area contributed by atoms with E-state index in [2.05, 4.69) is 5.32 Å². The zero-order valence-corrected chi connectivity index (χ0v) is 14.3. The highest BCUT2D eigenvalue weighted by molar-refractivity contribution is 5.94. The van der Waals surface area contributed by atoms with Gasteiger partial charge in [0.2, 0.25) is 0 Å². The third-order valence-electron chi connectivity index (χ3n) is 5.04. The maximum atomic E-state index is 13.2. The first-order chi connectivity index (χ1) is 12.6. The van der Waals surface area contributed by atoms with Crippen LogP contribution in [0.25, 0.3) is 0 Å². The van der Waals surface area contributed by atoms with Gasteiger partial charge in [-0.3, -0.25) is 4.79 Å². The Labute approximate surface area is 150 Å². The van der Waals surface area contributed by atoms with Crippen LogP contribution in [0.15, 0.2) is 42.5 Å². The van der Waals surface area contributed by atoms with Crippen LogP contribution in [0.3, 0.4) is 0 Å². The number of ether oxygens (including phenoxy) is 1. The second-order valence-electron chi connectivity index (χ2n) is 6.88. The van der Waals surface area contributed by atoms with E-state index in [0.717, 1.165) is 38.1 Å². The van der Waals surface area contributed by atoms with Crippen molar-refractivity contribution in [2.45, 2.75) is 31.3 Å². The van der Waals surface area contributed by atoms with Gasteiger partial charge in [0.1, 0.15) is 11.5 Å². The molecular formula is C20H20F2N2O2. The van der Waals surface area contributed by atoms with Crippen molar-refractivity contribution in [1.29, 1.82) is 0 Å². The number of likely N-dealkylation sites (tertiary alicyclic amines) is 1. The number of benzene rings is 2. The molecule has 2 atom stereocenters. The molecule has 2 aliphatic heterocycles. The molecule has 0 saturated carbocycles. The molecule has 0 aliphatic carbocycles. The number of carbonyl (C=O) groups excluding carboxylic acids is 1. The van der Waals surface area contributed by atoms with Crippen molar-refractivity contribution in [3.63, 3.8) is 0 Å². The van der Waals surface area contributed by atoms with Gasteiger partial charge in [0.05, 0.1) is 0 Å². The van der Waals surface area contributed by atoms with Gasteiger partial charge in [-0.05, 0) is 55.7 Å². The molecule has 1 amide bonds. The second-order valence-corrected chi connectivity index (χ2v) is 6.88. The third kappa shape index (κ3) is 3.55. The van der Waals surface area contributed by atoms with Crippen LogP contribution in [0, 0.1) is 11.6 Å². The summed E-state index contributed by atoms with van der Waals surface area (Å²) in [6, 6.07) is 11.0. The summed E-state index contributed by atoms with van der Waals surface area (Å²) in [5.41, 5.74) is 0.598. The van der Waals surface area contributed by atoms with E-state index in [0.29, 0.717) is 23.4 Å². The lowest BCUT2D eigenvalue weighted by molar-refractivity contribution is 0.0748. The molecule has 2 bridgehead atoms. The maximum Gasteiger partial charge on any atom is 0.253 e. The minimum atomic E-state index is -0.960. The van der Waals surface area contributed by atoms with Crippen molar-refractivity contribution in [2.24, 2.45) is 0 Å². The second kappa shape index (κ2) is 7.03. The minimum Gasteiger partial charge on any atom is -0.457 e. The summed E-state index contributed by atoms with van der Waals surface area (Å²) >= 11 is 0. The average molecular weight is 358 g/mol. The standard InChI is InChI=1S/C20H20F2N2O2/c21-18-8-7-17(11-19(18)22)26-16-5-1-13(2-6-16)20(25)24-10-9-14-3-4-15(12-24)23-14/h1-2,5-8,11,14-15,23H,3-4,9-10,12H2. The monoisotopic (exact) mass is 358 g/mol. The molecule has 2 unspecified atom stereocenters. The Morgan fingerprint density at radius 3 is 2.46 bits per heavy atom. The third-order valence-corrected chi connectivity index (χ3v) is 5.04. The molecule has 136 valence electrons. The first kappa shape index (κ1) is 17.0. The number of rotatable bonds is 3. The SMILES string of the molecule is O=C(c1ccc(Oc2ccc(F)c(F)c2)cc1)N1CCC2CCC(C1)N2. The van der Waals surface area contributed by atoms with Gasteiger partial charge >= 0.3 is 0 Å². The smallest absolute Gasteiger partial charge is 0.253 e. The van der Waals surface area contributed by atoms with Crippen LogP contribution in [0.5, 0.6) is 11.5 Å². The Kier molecular flexibility index (Phi) is 4.59. The molecule has 0 spiro atoms. The molecule has 6 heteroatoms. The Hall–Kier alpha value is -2.47. The number of hydrogen-bond donors (Lipinski definition) is 1. The van der Waals surface area contributed by atoms with Crippen molar-refractivity contribution >= 4 is 5.91 Å². The van der Waals surface area contributed by atoms with E-state index in [9.17, 15) is 13.6 Å². The van der Waals surface area contributed by atoms with Crippen LogP contribution in [0.4, 0.5) is 8.78 Å². The van der Waals surface area contributed by atoms with Gasteiger partial charge in [-0.2, -0.15) is 0 Å². The van der Waals surface area contributed by atoms with Gasteiger partial charge < -0.3 is 15.0 Å². The zero-order chi connectivity index (χ0) is 18.1. The fourth-order valence-corrected chi connectivity index (χ4v) is 3.65. The summed E-state index contributed by atoms with van der Waals surface area (Å²) in [7, 11) is 0. The predicted octanol–water partition coefficient (Wildman–Crippen LogP) is 3.72. The molecule has 1 N–H and O–H groups in total. The molecule has 2 aromatic carbocycles. The number of nitrogens with one attached hydrogen (secondary N) is 1. The van der Waals surface area contributed by atoms with Crippen molar-refractivity contribution in [3.8, 4) is 11.5 Å². The Bertz CT molecular complexity index is 810. The molecule has 2 heterocycles. The van der Waals surface area contributed by atoms with Crippen LogP contribution in [0.2, 0.25) is 0 Å². The Balaban J connectivity index is 1.43. The highest BCUT2D eigenvalue weighted by Crippen LogP contribution is 2.25. The topological polar surface area (TPSA) is 41.6 Å². The molecule has 2 saturated heterocycles. The van der Waals surface area contributed by atoms with Crippen LogP contribution in [-0.4, -0.2) is 36.0 Å². The van der Waals surface area contributed by atoms with Crippen molar-refractivity contribution in [3.05, 3.63) is 59.7 Å². The fraction of sp³-hybridized carbons (Fsp3) is 0.350. The first-order valence-corrected chi connectivity index (χ1v) is 8.87. The maximum absolute atomic E-state index is 13.2. The molecule has 4 nitrogen and oxygen atoms in total. The quantitative estimate of drug-likeness (QED) is 0.909. The largest absolute Gasteiger partial charge is 0.457 e. The summed E-state index contributed by atoms with van der Waals surface area (Å²) in [5.74, 6) is -1.20. The Morgan fingerprint density at radius 2 is 1.69 bits per heavy atom. The molecule has 4 rings (SSSR count). The summed E-state index contributed by atoms with van der Waals surface area (Å²) in [4.78, 5) is 14.7. The van der Waals surface area contributed by atoms with Crippen LogP contribution < -0.4 is 10.1 Å². The van der Waals surface area contributed by atoms with Crippen LogP contribution >= 0.6 is 0 Å². The van der Waals surface area contributed by atoms with E-state index in [-0.39, 0.29) is 11.7 Å². The fourth-order valence-electron chi connectivity index (χ4n) is 3.65. The first-order valence-electron chi connectivity index (χ1n) is 8.87. The lowest BCUT2D eigenvalue weighted by Crippen LogP contribution is -2.39. The minimum absolute atomic E-state index is 0.0127. The van der Waals surface area contributed by atoms with Gasteiger partial charge in [0.25, 0.3) is 5.91 Å². The lowest BCUT2D eigenvalue weighted by Gasteiger charge is -2.24. The number of halogens is 2. The summed E-state index contributed by atoms with van der Waals surface area (Å²) in [6.07, 6.45) is 3.30. The normalized spacial score (nSPS) is 22.2. The predicted molar refractivity (Wildman–Crippen MR) is 93.3 cm³/mol. The summed E-state index contributed by atoms with van der Waals surface area (Å²) in [6.45, 7) is 1.50. The highest BCUT2D eigenvalue weighted by Gasteiger charge is 2.31. The van der Waals surface area contributed by atoms with Gasteiger partial charge in [0, 0.05) is 36.8 Å². The van der Waals surface area contributed by atoms with E-state index in [1.807, 2.05) is 4.90 Å². The summed E-state index contributed by atoms with van der Waals surface area (Å²) < 4.78 is 31.7. The highest BCUT2D eigenvalue weighted by atomic mass is 19.2. The van der Waals surface area contributed by atoms with Gasteiger partial charge in [-0.1, -0.05) is 0 Å². The summed E-state index contributed by atoms with van der Waals surface area (Å²) in [5, 5.41) is 3.56. The average Bonchev–Trinajstić information content (AvgIpc) is 2.97. The van der Waals surface area contributed by atoms with Gasteiger partial charge in [0.15, 0.2) is 11.6 Å². The molecule has 2 aromatic rings. The van der Waals surface area contributed by atoms with Crippen molar-refractivity contribution in [2.75, 3.05) is 13.1 Å². The molecule has 0 aromatic heterocycles. The number of amides is 1. The van der Waals surface area contributed by atoms with Crippen molar-refractivity contribution < 1.29 is 18.3 Å². The molecule has 0 radical (unpaired) electrons. The van der Waals surface area contributed by atoms with Crippen molar-refractivity contribution in [1.82, 2.24) is 10.2 Å². The number of fused-ring (bicyclic) bond motifs is 2. The van der Waals surface area contributed by atoms with E-state index in [1.54, 1.807) is 24.3 Å². The Morgan fingerprint density at radius 1 is 0.962 bits per heavy atom. The number of nitrogens with zero attached hydrogens (tertiary/aromatic N) is 1. The number of carbonyl (C=O) groups is 1. The van der Waals surface area contributed by atoms with Gasteiger partial charge in [-0.15, -0.1) is 0 Å². The molecule has 26 heavy (non-hydrogen) atoms. The van der Waals surface area contributed by atoms with E-state index in [1.165, 1.54) is 12.5 Å². The molecule has 2 fully saturated rings. The van der Waals surface area contributed by atoms with E-state index < -0.39 is 11.6 Å². The van der Waals surface area contributed by atoms with E-state index >= 15 is 0 Å². The zero-order valence-electron chi connectivity index (χ0n) is 14.3. The van der Waals surface area contributed by atoms with Crippen LogP contribution in [0.1, 0.15) is 29.6 Å². The molecular weight excluding hydrogens is 338 g/mol. The number of hydrogen-bond acceptors (Lipinski definition) is 3. The molecule has 2 aliphatic rings. The lowest BCUT2D eigenvalue weighted by atomic mass is 10.1.